The summed E-state index contributed by atoms with van der Waals surface area (Å²) in [6.45, 7) is 7.79. The van der Waals surface area contributed by atoms with Crippen molar-refractivity contribution in [3.8, 4) is 17.6 Å². The highest BCUT2D eigenvalue weighted by atomic mass is 16.5. The van der Waals surface area contributed by atoms with E-state index in [2.05, 4.69) is 16.7 Å². The lowest BCUT2D eigenvalue weighted by Gasteiger charge is -2.34. The molecule has 0 heterocycles. The molecule has 0 saturated heterocycles. The van der Waals surface area contributed by atoms with Gasteiger partial charge in [-0.2, -0.15) is 5.26 Å². The van der Waals surface area contributed by atoms with Crippen molar-refractivity contribution in [2.24, 2.45) is 23.2 Å². The summed E-state index contributed by atoms with van der Waals surface area (Å²) in [7, 11) is 1.45. The third-order valence-electron chi connectivity index (χ3n) is 9.38. The normalized spacial score (nSPS) is 29.8. The molecular formula is C30H41N3O6. The first-order valence-corrected chi connectivity index (χ1v) is 14.1. The van der Waals surface area contributed by atoms with E-state index >= 15 is 0 Å². The van der Waals surface area contributed by atoms with Crippen LogP contribution in [-0.4, -0.2) is 47.7 Å². The number of hydrogen-bond donors (Lipinski definition) is 3. The average molecular weight is 540 g/mol. The largest absolute Gasteiger partial charge is 0.496 e. The molecule has 1 aromatic rings. The molecule has 39 heavy (non-hydrogen) atoms. The maximum absolute atomic E-state index is 13.6. The maximum Gasteiger partial charge on any atom is 0.309 e. The number of aliphatic carboxylic acids is 1. The Kier molecular flexibility index (Phi) is 8.15. The zero-order chi connectivity index (χ0) is 28.5. The molecular weight excluding hydrogens is 498 g/mol. The number of carboxylic acid groups (broad SMARTS) is 1. The molecule has 2 amide bonds. The Morgan fingerprint density at radius 3 is 2.38 bits per heavy atom. The highest BCUT2D eigenvalue weighted by Crippen LogP contribution is 2.49. The fourth-order valence-corrected chi connectivity index (χ4v) is 6.44. The number of carbonyl (C=O) groups is 3. The van der Waals surface area contributed by atoms with E-state index in [-0.39, 0.29) is 69.9 Å². The molecule has 3 N–H and O–H groups in total. The molecule has 4 atom stereocenters. The van der Waals surface area contributed by atoms with Gasteiger partial charge in [0.15, 0.2) is 0 Å². The molecule has 3 aliphatic rings. The van der Waals surface area contributed by atoms with Crippen molar-refractivity contribution in [3.05, 3.63) is 23.3 Å². The molecule has 2 bridgehead atoms. The number of carbonyl (C=O) groups excluding carboxylic acids is 2. The number of benzene rings is 1. The van der Waals surface area contributed by atoms with Gasteiger partial charge in [0.25, 0.3) is 5.91 Å². The molecule has 3 aliphatic carbocycles. The minimum absolute atomic E-state index is 0.0131. The highest BCUT2D eigenvalue weighted by molar-refractivity contribution is 5.98. The van der Waals surface area contributed by atoms with Gasteiger partial charge < -0.3 is 25.2 Å². The van der Waals surface area contributed by atoms with E-state index in [0.717, 1.165) is 25.7 Å². The second-order valence-electron chi connectivity index (χ2n) is 12.4. The van der Waals surface area contributed by atoms with Crippen molar-refractivity contribution >= 4 is 17.8 Å². The van der Waals surface area contributed by atoms with Gasteiger partial charge >= 0.3 is 5.97 Å². The Bertz CT molecular complexity index is 1160. The lowest BCUT2D eigenvalue weighted by molar-refractivity contribution is -0.150. The van der Waals surface area contributed by atoms with Crippen LogP contribution >= 0.6 is 0 Å². The zero-order valence-corrected chi connectivity index (χ0v) is 23.6. The predicted molar refractivity (Wildman–Crippen MR) is 144 cm³/mol. The van der Waals surface area contributed by atoms with Crippen molar-refractivity contribution in [1.29, 1.82) is 5.26 Å². The molecule has 0 unspecified atom stereocenters. The third-order valence-corrected chi connectivity index (χ3v) is 9.38. The van der Waals surface area contributed by atoms with E-state index in [1.54, 1.807) is 13.0 Å². The van der Waals surface area contributed by atoms with Crippen LogP contribution in [0.3, 0.4) is 0 Å². The molecule has 0 spiro atoms. The first kappa shape index (κ1) is 28.7. The molecule has 3 saturated carbocycles. The molecule has 0 aliphatic heterocycles. The van der Waals surface area contributed by atoms with E-state index < -0.39 is 11.4 Å². The number of hydrogen-bond acceptors (Lipinski definition) is 6. The Balaban J connectivity index is 1.54. The molecule has 0 aromatic heterocycles. The van der Waals surface area contributed by atoms with Crippen LogP contribution in [0.25, 0.3) is 0 Å². The Morgan fingerprint density at radius 2 is 1.79 bits per heavy atom. The van der Waals surface area contributed by atoms with Gasteiger partial charge in [-0.15, -0.1) is 0 Å². The van der Waals surface area contributed by atoms with Crippen molar-refractivity contribution in [1.82, 2.24) is 10.6 Å². The van der Waals surface area contributed by atoms with Crippen LogP contribution in [0, 0.1) is 34.5 Å². The van der Waals surface area contributed by atoms with Crippen LogP contribution in [0.15, 0.2) is 12.1 Å². The standard InChI is InChI=1S/C30H41N3O6/c1-6-29(2,3)33-27(35)24-17-7-8-18(13-17)25(24)32-26(34)21-15-22(19(16-31)14-23(21)38-5)39-20-9-11-30(4,12-10-20)28(36)37/h14-15,17-18,20,24-25H,6-13H2,1-5H3,(H,32,34)(H,33,35)(H,36,37)/t17-,18+,20?,24+,25-,30?/m1/s1. The number of nitriles is 1. The maximum atomic E-state index is 13.6. The van der Waals surface area contributed by atoms with E-state index in [9.17, 15) is 24.8 Å². The van der Waals surface area contributed by atoms with E-state index in [4.69, 9.17) is 9.47 Å². The van der Waals surface area contributed by atoms with Gasteiger partial charge in [0.1, 0.15) is 17.6 Å². The first-order chi connectivity index (χ1) is 18.4. The fraction of sp³-hybridized carbons (Fsp3) is 0.667. The minimum Gasteiger partial charge on any atom is -0.496 e. The Morgan fingerprint density at radius 1 is 1.13 bits per heavy atom. The summed E-state index contributed by atoms with van der Waals surface area (Å²) in [6.07, 6.45) is 5.46. The van der Waals surface area contributed by atoms with Gasteiger partial charge in [0.05, 0.1) is 35.7 Å². The highest BCUT2D eigenvalue weighted by Gasteiger charge is 2.52. The van der Waals surface area contributed by atoms with E-state index in [1.807, 2.05) is 20.8 Å². The third kappa shape index (κ3) is 5.85. The number of amides is 2. The first-order valence-electron chi connectivity index (χ1n) is 14.1. The summed E-state index contributed by atoms with van der Waals surface area (Å²) in [4.78, 5) is 38.6. The van der Waals surface area contributed by atoms with Gasteiger partial charge in [-0.25, -0.2) is 0 Å². The van der Waals surface area contributed by atoms with Crippen LogP contribution in [0.2, 0.25) is 0 Å². The Labute approximate surface area is 230 Å². The van der Waals surface area contributed by atoms with Gasteiger partial charge in [0.2, 0.25) is 5.91 Å². The molecule has 4 rings (SSSR count). The fourth-order valence-electron chi connectivity index (χ4n) is 6.44. The number of methoxy groups -OCH3 is 1. The van der Waals surface area contributed by atoms with Crippen LogP contribution in [0.5, 0.6) is 11.5 Å². The number of fused-ring (bicyclic) bond motifs is 2. The monoisotopic (exact) mass is 539 g/mol. The Hall–Kier alpha value is -3.28. The number of rotatable bonds is 9. The molecule has 9 nitrogen and oxygen atoms in total. The summed E-state index contributed by atoms with van der Waals surface area (Å²) >= 11 is 0. The van der Waals surface area contributed by atoms with Gasteiger partial charge in [-0.3, -0.25) is 14.4 Å². The van der Waals surface area contributed by atoms with Crippen molar-refractivity contribution in [2.45, 2.75) is 96.7 Å². The smallest absolute Gasteiger partial charge is 0.309 e. The minimum atomic E-state index is -0.812. The summed E-state index contributed by atoms with van der Waals surface area (Å²) < 4.78 is 11.6. The van der Waals surface area contributed by atoms with Gasteiger partial charge in [0, 0.05) is 17.6 Å². The summed E-state index contributed by atoms with van der Waals surface area (Å²) in [5.74, 6) is -0.455. The summed E-state index contributed by atoms with van der Waals surface area (Å²) in [6, 6.07) is 4.89. The second kappa shape index (κ2) is 11.1. The van der Waals surface area contributed by atoms with Crippen LogP contribution in [0.1, 0.15) is 95.0 Å². The molecule has 3 fully saturated rings. The number of nitrogens with zero attached hydrogens (tertiary/aromatic N) is 1. The van der Waals surface area contributed by atoms with Gasteiger partial charge in [-0.1, -0.05) is 6.92 Å². The predicted octanol–water partition coefficient (Wildman–Crippen LogP) is 4.43. The summed E-state index contributed by atoms with van der Waals surface area (Å²) in [5, 5.41) is 25.6. The lowest BCUT2D eigenvalue weighted by Crippen LogP contribution is -2.53. The second-order valence-corrected chi connectivity index (χ2v) is 12.4. The zero-order valence-electron chi connectivity index (χ0n) is 23.6. The molecule has 212 valence electrons. The van der Waals surface area contributed by atoms with Crippen molar-refractivity contribution in [2.75, 3.05) is 7.11 Å². The average Bonchev–Trinajstić information content (AvgIpc) is 3.51. The van der Waals surface area contributed by atoms with Crippen LogP contribution in [0.4, 0.5) is 0 Å². The topological polar surface area (TPSA) is 138 Å². The van der Waals surface area contributed by atoms with Crippen molar-refractivity contribution < 1.29 is 29.0 Å². The molecule has 0 radical (unpaired) electrons. The van der Waals surface area contributed by atoms with E-state index in [0.29, 0.717) is 25.7 Å². The lowest BCUT2D eigenvalue weighted by atomic mass is 9.75. The molecule has 1 aromatic carbocycles. The van der Waals surface area contributed by atoms with Crippen LogP contribution < -0.4 is 20.1 Å². The van der Waals surface area contributed by atoms with Crippen LogP contribution in [-0.2, 0) is 9.59 Å². The molecule has 9 heteroatoms. The number of ether oxygens (including phenoxy) is 2. The van der Waals surface area contributed by atoms with Gasteiger partial charge in [-0.05, 0) is 90.0 Å². The number of carboxylic acids is 1. The quantitative estimate of drug-likeness (QED) is 0.422. The van der Waals surface area contributed by atoms with E-state index in [1.165, 1.54) is 13.2 Å². The van der Waals surface area contributed by atoms with Crippen molar-refractivity contribution in [3.63, 3.8) is 0 Å². The SMILES string of the molecule is CCC(C)(C)NC(=O)[C@H]1[C@@H]2CC[C@@H](C2)[C@H]1NC(=O)c1cc(OC2CCC(C)(C(=O)O)CC2)c(C#N)cc1OC. The number of nitrogens with one attached hydrogen (secondary N) is 2. The summed E-state index contributed by atoms with van der Waals surface area (Å²) in [5.41, 5.74) is -0.613.